The highest BCUT2D eigenvalue weighted by Crippen LogP contribution is 2.23. The molecule has 5 heteroatoms. The maximum absolute atomic E-state index is 11.2. The Balaban J connectivity index is 2.28. The van der Waals surface area contributed by atoms with Gasteiger partial charge in [0.15, 0.2) is 0 Å². The van der Waals surface area contributed by atoms with Crippen molar-refractivity contribution in [3.05, 3.63) is 30.0 Å². The number of carbonyl (C=O) groups is 1. The molecule has 0 saturated carbocycles. The number of carboxylic acids is 1. The predicted molar refractivity (Wildman–Crippen MR) is 73.4 cm³/mol. The lowest BCUT2D eigenvalue weighted by molar-refractivity contribution is -0.139. The second-order valence-electron chi connectivity index (χ2n) is 4.96. The van der Waals surface area contributed by atoms with Gasteiger partial charge in [-0.2, -0.15) is 0 Å². The molecule has 0 unspecified atom stereocenters. The molecular weight excluding hydrogens is 244 g/mol. The van der Waals surface area contributed by atoms with Crippen molar-refractivity contribution >= 4 is 16.9 Å². The van der Waals surface area contributed by atoms with E-state index in [1.807, 2.05) is 13.8 Å². The first-order valence-electron chi connectivity index (χ1n) is 6.25. The highest BCUT2D eigenvalue weighted by atomic mass is 16.4. The molecule has 4 N–H and O–H groups in total. The zero-order valence-corrected chi connectivity index (χ0v) is 11.0. The van der Waals surface area contributed by atoms with Crippen LogP contribution >= 0.6 is 0 Å². The normalized spacial score (nSPS) is 13.0. The number of aromatic amines is 1. The molecular formula is C14H18N2O3. The highest BCUT2D eigenvalue weighted by molar-refractivity contribution is 5.85. The van der Waals surface area contributed by atoms with Crippen molar-refractivity contribution in [2.75, 3.05) is 0 Å². The fourth-order valence-corrected chi connectivity index (χ4v) is 2.18. The summed E-state index contributed by atoms with van der Waals surface area (Å²) in [6, 6.07) is 4.49. The fraction of sp³-hybridized carbons (Fsp3) is 0.357. The van der Waals surface area contributed by atoms with Crippen LogP contribution < -0.4 is 5.32 Å². The molecule has 0 aliphatic carbocycles. The van der Waals surface area contributed by atoms with E-state index in [1.165, 1.54) is 0 Å². The Kier molecular flexibility index (Phi) is 3.76. The molecule has 1 aromatic heterocycles. The average molecular weight is 262 g/mol. The molecule has 5 nitrogen and oxygen atoms in total. The van der Waals surface area contributed by atoms with Gasteiger partial charge in [-0.3, -0.25) is 4.79 Å². The summed E-state index contributed by atoms with van der Waals surface area (Å²) in [7, 11) is 0. The van der Waals surface area contributed by atoms with E-state index < -0.39 is 12.0 Å². The topological polar surface area (TPSA) is 85.4 Å². The third-order valence-corrected chi connectivity index (χ3v) is 3.01. The largest absolute Gasteiger partial charge is 0.508 e. The van der Waals surface area contributed by atoms with Gasteiger partial charge in [0.05, 0.1) is 0 Å². The van der Waals surface area contributed by atoms with Crippen molar-refractivity contribution in [1.82, 2.24) is 10.3 Å². The van der Waals surface area contributed by atoms with Gasteiger partial charge in [-0.25, -0.2) is 0 Å². The number of benzene rings is 1. The number of aromatic hydroxyl groups is 1. The van der Waals surface area contributed by atoms with E-state index in [1.54, 1.807) is 24.4 Å². The van der Waals surface area contributed by atoms with Crippen LogP contribution in [-0.4, -0.2) is 33.3 Å². The highest BCUT2D eigenvalue weighted by Gasteiger charge is 2.20. The molecule has 0 fully saturated rings. The van der Waals surface area contributed by atoms with Gasteiger partial charge in [-0.05, 0) is 23.8 Å². The Labute approximate surface area is 111 Å². The summed E-state index contributed by atoms with van der Waals surface area (Å²) >= 11 is 0. The van der Waals surface area contributed by atoms with E-state index in [-0.39, 0.29) is 11.8 Å². The number of hydrogen-bond acceptors (Lipinski definition) is 3. The second-order valence-corrected chi connectivity index (χ2v) is 4.96. The zero-order valence-electron chi connectivity index (χ0n) is 11.0. The van der Waals surface area contributed by atoms with Crippen LogP contribution in [-0.2, 0) is 11.2 Å². The molecule has 2 rings (SSSR count). The van der Waals surface area contributed by atoms with Crippen molar-refractivity contribution in [2.45, 2.75) is 32.4 Å². The molecule has 1 heterocycles. The summed E-state index contributed by atoms with van der Waals surface area (Å²) < 4.78 is 0. The number of nitrogens with one attached hydrogen (secondary N) is 2. The van der Waals surface area contributed by atoms with Gasteiger partial charge in [-0.1, -0.05) is 13.8 Å². The number of phenolic OH excluding ortho intramolecular Hbond substituents is 1. The molecule has 2 aromatic rings. The van der Waals surface area contributed by atoms with Crippen molar-refractivity contribution in [1.29, 1.82) is 0 Å². The zero-order chi connectivity index (χ0) is 14.0. The molecule has 0 bridgehead atoms. The van der Waals surface area contributed by atoms with Gasteiger partial charge in [0.1, 0.15) is 11.8 Å². The minimum Gasteiger partial charge on any atom is -0.508 e. The number of hydrogen-bond donors (Lipinski definition) is 4. The van der Waals surface area contributed by atoms with Crippen LogP contribution in [0.25, 0.3) is 10.9 Å². The summed E-state index contributed by atoms with van der Waals surface area (Å²) in [4.78, 5) is 14.3. The van der Waals surface area contributed by atoms with Crippen LogP contribution in [0.3, 0.4) is 0 Å². The standard InChI is InChI=1S/C14H18N2O3/c1-8(2)16-13(14(18)19)5-9-7-15-12-4-3-10(17)6-11(9)12/h3-4,6-8,13,15-17H,5H2,1-2H3,(H,18,19)/t13-/m0/s1. The van der Waals surface area contributed by atoms with Crippen LogP contribution in [0, 0.1) is 0 Å². The number of carboxylic acid groups (broad SMARTS) is 1. The van der Waals surface area contributed by atoms with E-state index in [0.717, 1.165) is 16.5 Å². The Morgan fingerprint density at radius 1 is 1.42 bits per heavy atom. The van der Waals surface area contributed by atoms with Crippen molar-refractivity contribution in [3.8, 4) is 5.75 Å². The number of rotatable bonds is 5. The van der Waals surface area contributed by atoms with Gasteiger partial charge in [0.2, 0.25) is 0 Å². The lowest BCUT2D eigenvalue weighted by atomic mass is 10.0. The summed E-state index contributed by atoms with van der Waals surface area (Å²) in [5.41, 5.74) is 1.77. The predicted octanol–water partition coefficient (Wildman–Crippen LogP) is 1.87. The number of aromatic nitrogens is 1. The fourth-order valence-electron chi connectivity index (χ4n) is 2.18. The number of aliphatic carboxylic acids is 1. The maximum atomic E-state index is 11.2. The summed E-state index contributed by atoms with van der Waals surface area (Å²) in [5.74, 6) is -0.694. The van der Waals surface area contributed by atoms with Crippen molar-refractivity contribution in [2.24, 2.45) is 0 Å². The maximum Gasteiger partial charge on any atom is 0.321 e. The minimum atomic E-state index is -0.872. The van der Waals surface area contributed by atoms with E-state index in [2.05, 4.69) is 10.3 Å². The minimum absolute atomic E-state index is 0.0970. The molecule has 0 aliphatic heterocycles. The van der Waals surface area contributed by atoms with Gasteiger partial charge in [-0.15, -0.1) is 0 Å². The molecule has 0 radical (unpaired) electrons. The van der Waals surface area contributed by atoms with Crippen LogP contribution in [0.2, 0.25) is 0 Å². The molecule has 19 heavy (non-hydrogen) atoms. The van der Waals surface area contributed by atoms with Crippen LogP contribution in [0.5, 0.6) is 5.75 Å². The van der Waals surface area contributed by atoms with Crippen LogP contribution in [0.4, 0.5) is 0 Å². The molecule has 1 atom stereocenters. The lowest BCUT2D eigenvalue weighted by Crippen LogP contribution is -2.42. The third kappa shape index (κ3) is 3.06. The molecule has 102 valence electrons. The van der Waals surface area contributed by atoms with E-state index in [0.29, 0.717) is 6.42 Å². The molecule has 0 saturated heterocycles. The van der Waals surface area contributed by atoms with Crippen LogP contribution in [0.1, 0.15) is 19.4 Å². The number of fused-ring (bicyclic) bond motifs is 1. The first-order valence-corrected chi connectivity index (χ1v) is 6.25. The SMILES string of the molecule is CC(C)N[C@@H](Cc1c[nH]c2ccc(O)cc12)C(=O)O. The van der Waals surface area contributed by atoms with Crippen LogP contribution in [0.15, 0.2) is 24.4 Å². The molecule has 0 amide bonds. The smallest absolute Gasteiger partial charge is 0.321 e. The Morgan fingerprint density at radius 3 is 2.79 bits per heavy atom. The van der Waals surface area contributed by atoms with Gasteiger partial charge in [0.25, 0.3) is 0 Å². The van der Waals surface area contributed by atoms with Gasteiger partial charge >= 0.3 is 5.97 Å². The van der Waals surface area contributed by atoms with E-state index in [4.69, 9.17) is 0 Å². The average Bonchev–Trinajstić information content (AvgIpc) is 2.70. The molecule has 1 aromatic carbocycles. The van der Waals surface area contributed by atoms with Crippen molar-refractivity contribution < 1.29 is 15.0 Å². The number of H-pyrrole nitrogens is 1. The molecule has 0 spiro atoms. The second kappa shape index (κ2) is 5.32. The van der Waals surface area contributed by atoms with Gasteiger partial charge < -0.3 is 20.5 Å². The Bertz CT molecular complexity index is 589. The molecule has 0 aliphatic rings. The first kappa shape index (κ1) is 13.4. The Hall–Kier alpha value is -2.01. The summed E-state index contributed by atoms with van der Waals surface area (Å²) in [5, 5.41) is 22.6. The first-order chi connectivity index (χ1) is 8.97. The van der Waals surface area contributed by atoms with E-state index >= 15 is 0 Å². The Morgan fingerprint density at radius 2 is 2.16 bits per heavy atom. The van der Waals surface area contributed by atoms with Gasteiger partial charge in [0, 0.05) is 29.6 Å². The quantitative estimate of drug-likeness (QED) is 0.662. The monoisotopic (exact) mass is 262 g/mol. The number of phenols is 1. The lowest BCUT2D eigenvalue weighted by Gasteiger charge is -2.16. The van der Waals surface area contributed by atoms with E-state index in [9.17, 15) is 15.0 Å². The summed E-state index contributed by atoms with van der Waals surface area (Å²) in [6.45, 7) is 3.83. The third-order valence-electron chi connectivity index (χ3n) is 3.01. The summed E-state index contributed by atoms with van der Waals surface area (Å²) in [6.07, 6.45) is 2.17. The van der Waals surface area contributed by atoms with Crippen molar-refractivity contribution in [3.63, 3.8) is 0 Å².